The number of carbonyl (C=O) groups is 1. The van der Waals surface area contributed by atoms with Crippen molar-refractivity contribution in [2.45, 2.75) is 24.3 Å². The van der Waals surface area contributed by atoms with Crippen molar-refractivity contribution in [3.05, 3.63) is 30.1 Å². The summed E-state index contributed by atoms with van der Waals surface area (Å²) in [6.45, 7) is 3.59. The van der Waals surface area contributed by atoms with Crippen molar-refractivity contribution >= 4 is 39.9 Å². The minimum absolute atomic E-state index is 0.134. The Morgan fingerprint density at radius 2 is 2.19 bits per heavy atom. The molecule has 1 heterocycles. The van der Waals surface area contributed by atoms with Crippen molar-refractivity contribution in [1.82, 2.24) is 10.2 Å². The van der Waals surface area contributed by atoms with Gasteiger partial charge in [0.2, 0.25) is 5.13 Å². The van der Waals surface area contributed by atoms with Crippen LogP contribution in [0.4, 0.5) is 15.2 Å². The summed E-state index contributed by atoms with van der Waals surface area (Å²) < 4.78 is 19.1. The fourth-order valence-electron chi connectivity index (χ4n) is 1.41. The van der Waals surface area contributed by atoms with Crippen molar-refractivity contribution in [3.8, 4) is 0 Å². The molecule has 0 atom stereocenters. The van der Waals surface area contributed by atoms with Crippen LogP contribution in [0.15, 0.2) is 28.6 Å². The standard InChI is InChI=1S/C13H14FN3O2S2/c1-8(2)19-11(18)7-20-13-17-16-12(21-13)15-10-6-4-3-5-9(10)14/h3-6,8H,7H2,1-2H3,(H,15,16). The summed E-state index contributed by atoms with van der Waals surface area (Å²) in [6, 6.07) is 6.32. The van der Waals surface area contributed by atoms with Crippen molar-refractivity contribution in [2.24, 2.45) is 0 Å². The van der Waals surface area contributed by atoms with Gasteiger partial charge in [0, 0.05) is 0 Å². The summed E-state index contributed by atoms with van der Waals surface area (Å²) in [5.74, 6) is -0.483. The number of aromatic nitrogens is 2. The second-order valence-electron chi connectivity index (χ2n) is 4.31. The second kappa shape index (κ2) is 7.37. The van der Waals surface area contributed by atoms with Gasteiger partial charge in [-0.05, 0) is 26.0 Å². The van der Waals surface area contributed by atoms with Crippen molar-refractivity contribution in [1.29, 1.82) is 0 Å². The number of hydrogen-bond donors (Lipinski definition) is 1. The Morgan fingerprint density at radius 1 is 1.43 bits per heavy atom. The molecule has 0 radical (unpaired) electrons. The molecule has 2 rings (SSSR count). The van der Waals surface area contributed by atoms with Crippen LogP contribution in [0.3, 0.4) is 0 Å². The Morgan fingerprint density at radius 3 is 2.90 bits per heavy atom. The average molecular weight is 327 g/mol. The van der Waals surface area contributed by atoms with Crippen LogP contribution in [-0.4, -0.2) is 28.0 Å². The zero-order valence-electron chi connectivity index (χ0n) is 11.5. The molecule has 5 nitrogen and oxygen atoms in total. The van der Waals surface area contributed by atoms with E-state index in [9.17, 15) is 9.18 Å². The Bertz CT molecular complexity index is 619. The van der Waals surface area contributed by atoms with Crippen LogP contribution in [0.5, 0.6) is 0 Å². The molecule has 0 aliphatic carbocycles. The maximum absolute atomic E-state index is 13.5. The lowest BCUT2D eigenvalue weighted by Crippen LogP contribution is -2.13. The fraction of sp³-hybridized carbons (Fsp3) is 0.308. The third kappa shape index (κ3) is 4.98. The summed E-state index contributed by atoms with van der Waals surface area (Å²) in [6.07, 6.45) is -0.134. The van der Waals surface area contributed by atoms with Crippen molar-refractivity contribution in [2.75, 3.05) is 11.1 Å². The molecule has 0 aliphatic heterocycles. The van der Waals surface area contributed by atoms with Crippen LogP contribution in [0.25, 0.3) is 0 Å². The third-order valence-electron chi connectivity index (χ3n) is 2.20. The predicted octanol–water partition coefficient (Wildman–Crippen LogP) is 3.46. The number of carbonyl (C=O) groups excluding carboxylic acids is 1. The molecule has 0 bridgehead atoms. The van der Waals surface area contributed by atoms with Crippen LogP contribution in [-0.2, 0) is 9.53 Å². The second-order valence-corrected chi connectivity index (χ2v) is 6.51. The largest absolute Gasteiger partial charge is 0.462 e. The maximum atomic E-state index is 13.5. The highest BCUT2D eigenvalue weighted by Crippen LogP contribution is 2.28. The van der Waals surface area contributed by atoms with Gasteiger partial charge in [-0.25, -0.2) is 4.39 Å². The zero-order chi connectivity index (χ0) is 15.2. The highest BCUT2D eigenvalue weighted by atomic mass is 32.2. The van der Waals surface area contributed by atoms with E-state index in [2.05, 4.69) is 15.5 Å². The topological polar surface area (TPSA) is 64.1 Å². The number of nitrogens with one attached hydrogen (secondary N) is 1. The SMILES string of the molecule is CC(C)OC(=O)CSc1nnc(Nc2ccccc2F)s1. The van der Waals surface area contributed by atoms with Crippen LogP contribution in [0.1, 0.15) is 13.8 Å². The number of thioether (sulfide) groups is 1. The molecule has 1 aromatic carbocycles. The van der Waals surface area contributed by atoms with Gasteiger partial charge in [0.1, 0.15) is 5.82 Å². The third-order valence-corrected chi connectivity index (χ3v) is 4.15. The van der Waals surface area contributed by atoms with E-state index in [1.54, 1.807) is 32.0 Å². The number of hydrogen-bond acceptors (Lipinski definition) is 7. The van der Waals surface area contributed by atoms with E-state index in [0.29, 0.717) is 15.2 Å². The number of anilines is 2. The smallest absolute Gasteiger partial charge is 0.316 e. The summed E-state index contributed by atoms with van der Waals surface area (Å²) in [7, 11) is 0. The number of benzene rings is 1. The molecule has 2 aromatic rings. The highest BCUT2D eigenvalue weighted by Gasteiger charge is 2.11. The van der Waals surface area contributed by atoms with E-state index < -0.39 is 0 Å². The first-order valence-corrected chi connectivity index (χ1v) is 8.02. The molecule has 0 saturated carbocycles. The predicted molar refractivity (Wildman–Crippen MR) is 81.5 cm³/mol. The molecule has 1 N–H and O–H groups in total. The fourth-order valence-corrected chi connectivity index (χ4v) is 2.96. The van der Waals surface area contributed by atoms with Crippen LogP contribution >= 0.6 is 23.1 Å². The van der Waals surface area contributed by atoms with Gasteiger partial charge in [-0.2, -0.15) is 0 Å². The summed E-state index contributed by atoms with van der Waals surface area (Å²) >= 11 is 2.50. The molecular formula is C13H14FN3O2S2. The van der Waals surface area contributed by atoms with Gasteiger partial charge in [0.15, 0.2) is 4.34 Å². The Labute approximate surface area is 129 Å². The lowest BCUT2D eigenvalue weighted by molar-refractivity contribution is -0.144. The number of para-hydroxylation sites is 1. The molecule has 21 heavy (non-hydrogen) atoms. The molecule has 8 heteroatoms. The Hall–Kier alpha value is -1.67. The van der Waals surface area contributed by atoms with E-state index >= 15 is 0 Å². The summed E-state index contributed by atoms with van der Waals surface area (Å²) in [5.41, 5.74) is 0.337. The quantitative estimate of drug-likeness (QED) is 0.647. The molecule has 112 valence electrons. The average Bonchev–Trinajstić information content (AvgIpc) is 2.86. The first-order chi connectivity index (χ1) is 10.0. The molecular weight excluding hydrogens is 313 g/mol. The molecule has 0 aliphatic rings. The summed E-state index contributed by atoms with van der Waals surface area (Å²) in [4.78, 5) is 11.4. The van der Waals surface area contributed by atoms with Crippen LogP contribution in [0, 0.1) is 5.82 Å². The highest BCUT2D eigenvalue weighted by molar-refractivity contribution is 8.01. The molecule has 0 fully saturated rings. The van der Waals surface area contributed by atoms with Gasteiger partial charge in [0.25, 0.3) is 0 Å². The minimum Gasteiger partial charge on any atom is -0.462 e. The molecule has 0 spiro atoms. The van der Waals surface area contributed by atoms with E-state index in [1.807, 2.05) is 0 Å². The molecule has 0 unspecified atom stereocenters. The van der Waals surface area contributed by atoms with Gasteiger partial charge < -0.3 is 10.1 Å². The monoisotopic (exact) mass is 327 g/mol. The number of rotatable bonds is 6. The molecule has 0 saturated heterocycles. The number of ether oxygens (including phenoxy) is 1. The maximum Gasteiger partial charge on any atom is 0.316 e. The first kappa shape index (κ1) is 15.7. The Balaban J connectivity index is 1.90. The molecule has 0 amide bonds. The number of esters is 1. The van der Waals surface area contributed by atoms with Crippen LogP contribution < -0.4 is 5.32 Å². The number of nitrogens with zero attached hydrogens (tertiary/aromatic N) is 2. The lowest BCUT2D eigenvalue weighted by Gasteiger charge is -2.05. The van der Waals surface area contributed by atoms with E-state index in [-0.39, 0.29) is 23.6 Å². The number of halogens is 1. The van der Waals surface area contributed by atoms with E-state index in [4.69, 9.17) is 4.74 Å². The zero-order valence-corrected chi connectivity index (χ0v) is 13.1. The van der Waals surface area contributed by atoms with Crippen molar-refractivity contribution < 1.29 is 13.9 Å². The summed E-state index contributed by atoms with van der Waals surface area (Å²) in [5, 5.41) is 11.2. The Kier molecular flexibility index (Phi) is 5.51. The van der Waals surface area contributed by atoms with E-state index in [1.165, 1.54) is 29.2 Å². The van der Waals surface area contributed by atoms with Gasteiger partial charge in [-0.1, -0.05) is 35.2 Å². The van der Waals surface area contributed by atoms with Crippen LogP contribution in [0.2, 0.25) is 0 Å². The molecule has 1 aromatic heterocycles. The van der Waals surface area contributed by atoms with Gasteiger partial charge >= 0.3 is 5.97 Å². The van der Waals surface area contributed by atoms with Crippen molar-refractivity contribution in [3.63, 3.8) is 0 Å². The van der Waals surface area contributed by atoms with Gasteiger partial charge in [-0.15, -0.1) is 10.2 Å². The lowest BCUT2D eigenvalue weighted by atomic mass is 10.3. The van der Waals surface area contributed by atoms with Gasteiger partial charge in [-0.3, -0.25) is 4.79 Å². The van der Waals surface area contributed by atoms with E-state index in [0.717, 1.165) is 0 Å². The first-order valence-electron chi connectivity index (χ1n) is 6.22. The van der Waals surface area contributed by atoms with Gasteiger partial charge in [0.05, 0.1) is 17.5 Å². The normalized spacial score (nSPS) is 10.7. The minimum atomic E-state index is -0.359.